The smallest absolute Gasteiger partial charge is 0.243 e. The maximum absolute atomic E-state index is 12.5. The molecule has 7 heteroatoms. The molecule has 6 nitrogen and oxygen atoms in total. The predicted molar refractivity (Wildman–Crippen MR) is 84.8 cm³/mol. The molecule has 0 aliphatic carbocycles. The number of hydrogen-bond acceptors (Lipinski definition) is 6. The van der Waals surface area contributed by atoms with Gasteiger partial charge in [0.2, 0.25) is 11.8 Å². The average molecular weight is 341 g/mol. The van der Waals surface area contributed by atoms with Gasteiger partial charge in [0.25, 0.3) is 0 Å². The molecular weight excluding hydrogens is 328 g/mol. The fourth-order valence-corrected chi connectivity index (χ4v) is 3.58. The van der Waals surface area contributed by atoms with E-state index >= 15 is 0 Å². The summed E-state index contributed by atoms with van der Waals surface area (Å²) in [4.78, 5) is 41.0. The van der Waals surface area contributed by atoms with E-state index in [1.54, 1.807) is 0 Å². The highest BCUT2D eigenvalue weighted by Crippen LogP contribution is 2.32. The summed E-state index contributed by atoms with van der Waals surface area (Å²) in [5.41, 5.74) is 0.780. The molecule has 2 heterocycles. The van der Waals surface area contributed by atoms with Crippen LogP contribution in [-0.4, -0.2) is 32.9 Å². The van der Waals surface area contributed by atoms with Crippen molar-refractivity contribution in [3.63, 3.8) is 0 Å². The number of rotatable bonds is 5. The van der Waals surface area contributed by atoms with E-state index in [0.717, 1.165) is 17.3 Å². The largest absolute Gasteiger partial charge is 0.545 e. The number of carbonyl (C=O) groups is 3. The van der Waals surface area contributed by atoms with Gasteiger partial charge < -0.3 is 9.90 Å². The molecule has 1 atom stereocenters. The first-order valence-electron chi connectivity index (χ1n) is 7.27. The number of likely N-dealkylation sites (tertiary alicyclic amines) is 1. The summed E-state index contributed by atoms with van der Waals surface area (Å²) in [6.07, 6.45) is 1.47. The van der Waals surface area contributed by atoms with Crippen molar-refractivity contribution in [1.29, 1.82) is 0 Å². The molecule has 0 radical (unpaired) electrons. The van der Waals surface area contributed by atoms with Gasteiger partial charge in [0.05, 0.1) is 17.8 Å². The summed E-state index contributed by atoms with van der Waals surface area (Å²) < 4.78 is 0. The summed E-state index contributed by atoms with van der Waals surface area (Å²) >= 11 is 0.988. The van der Waals surface area contributed by atoms with Crippen LogP contribution in [0, 0.1) is 0 Å². The summed E-state index contributed by atoms with van der Waals surface area (Å²) in [7, 11) is 0. The number of amides is 2. The number of carbonyl (C=O) groups excluding carboxylic acids is 3. The Balaban J connectivity index is 1.76. The molecule has 3 rings (SSSR count). The molecule has 0 N–H and O–H groups in total. The van der Waals surface area contributed by atoms with Crippen LogP contribution in [0.15, 0.2) is 53.7 Å². The molecule has 2 amide bonds. The second-order valence-electron chi connectivity index (χ2n) is 5.26. The first kappa shape index (κ1) is 16.2. The highest BCUT2D eigenvalue weighted by Gasteiger charge is 2.39. The predicted octanol–water partition coefficient (Wildman–Crippen LogP) is 0.865. The summed E-state index contributed by atoms with van der Waals surface area (Å²) in [6.45, 7) is 0.213. The van der Waals surface area contributed by atoms with Gasteiger partial charge in [-0.15, -0.1) is 0 Å². The molecule has 2 aromatic rings. The molecule has 1 aromatic heterocycles. The Morgan fingerprint density at radius 2 is 1.96 bits per heavy atom. The number of thioether (sulfide) groups is 1. The number of imide groups is 1. The lowest BCUT2D eigenvalue weighted by atomic mass is 10.2. The molecule has 1 aliphatic rings. The average Bonchev–Trinajstić information content (AvgIpc) is 2.84. The van der Waals surface area contributed by atoms with Crippen molar-refractivity contribution in [3.05, 3.63) is 59.8 Å². The minimum atomic E-state index is -1.36. The van der Waals surface area contributed by atoms with Crippen molar-refractivity contribution in [3.8, 4) is 0 Å². The van der Waals surface area contributed by atoms with Crippen LogP contribution < -0.4 is 5.11 Å². The van der Waals surface area contributed by atoms with Gasteiger partial charge in [-0.2, -0.15) is 0 Å². The highest BCUT2D eigenvalue weighted by molar-refractivity contribution is 8.00. The fourth-order valence-electron chi connectivity index (χ4n) is 2.45. The van der Waals surface area contributed by atoms with Gasteiger partial charge in [0, 0.05) is 18.2 Å². The van der Waals surface area contributed by atoms with E-state index in [9.17, 15) is 19.5 Å². The van der Waals surface area contributed by atoms with Gasteiger partial charge in [-0.1, -0.05) is 42.1 Å². The molecule has 1 aromatic carbocycles. The zero-order valence-electron chi connectivity index (χ0n) is 12.5. The number of aromatic carboxylic acids is 1. The zero-order chi connectivity index (χ0) is 17.1. The van der Waals surface area contributed by atoms with Crippen molar-refractivity contribution in [2.24, 2.45) is 0 Å². The lowest BCUT2D eigenvalue weighted by Gasteiger charge is -2.15. The summed E-state index contributed by atoms with van der Waals surface area (Å²) in [5, 5.41) is 10.6. The maximum atomic E-state index is 12.5. The molecule has 24 heavy (non-hydrogen) atoms. The second-order valence-corrected chi connectivity index (χ2v) is 6.45. The third-order valence-corrected chi connectivity index (χ3v) is 4.83. The van der Waals surface area contributed by atoms with E-state index in [4.69, 9.17) is 0 Å². The van der Waals surface area contributed by atoms with Crippen LogP contribution in [-0.2, 0) is 16.1 Å². The van der Waals surface area contributed by atoms with Gasteiger partial charge in [-0.3, -0.25) is 14.5 Å². The molecular formula is C17H13N2O4S-. The van der Waals surface area contributed by atoms with Gasteiger partial charge in [0.1, 0.15) is 5.03 Å². The Labute approximate surface area is 142 Å². The Kier molecular flexibility index (Phi) is 4.61. The Hall–Kier alpha value is -2.67. The van der Waals surface area contributed by atoms with Crippen LogP contribution in [0.5, 0.6) is 0 Å². The first-order chi connectivity index (χ1) is 11.6. The van der Waals surface area contributed by atoms with Crippen LogP contribution in [0.4, 0.5) is 0 Å². The van der Waals surface area contributed by atoms with Gasteiger partial charge in [-0.05, 0) is 17.7 Å². The van der Waals surface area contributed by atoms with Gasteiger partial charge in [0.15, 0.2) is 0 Å². The van der Waals surface area contributed by atoms with Crippen LogP contribution in [0.1, 0.15) is 22.3 Å². The molecule has 0 spiro atoms. The third-order valence-electron chi connectivity index (χ3n) is 3.63. The minimum Gasteiger partial charge on any atom is -0.545 e. The van der Waals surface area contributed by atoms with E-state index in [1.807, 2.05) is 30.3 Å². The number of pyridine rings is 1. The van der Waals surface area contributed by atoms with Crippen LogP contribution in [0.3, 0.4) is 0 Å². The molecule has 0 bridgehead atoms. The molecule has 1 aliphatic heterocycles. The van der Waals surface area contributed by atoms with Crippen LogP contribution in [0.2, 0.25) is 0 Å². The lowest BCUT2D eigenvalue weighted by Crippen LogP contribution is -2.31. The number of carboxylic acid groups (broad SMARTS) is 1. The zero-order valence-corrected chi connectivity index (χ0v) is 13.4. The summed E-state index contributed by atoms with van der Waals surface area (Å²) in [5.74, 6) is -1.96. The highest BCUT2D eigenvalue weighted by atomic mass is 32.2. The summed E-state index contributed by atoms with van der Waals surface area (Å²) in [6, 6.07) is 12.1. The van der Waals surface area contributed by atoms with Crippen molar-refractivity contribution in [2.75, 3.05) is 0 Å². The van der Waals surface area contributed by atoms with E-state index in [-0.39, 0.29) is 35.4 Å². The van der Waals surface area contributed by atoms with E-state index in [0.29, 0.717) is 0 Å². The normalized spacial score (nSPS) is 17.3. The van der Waals surface area contributed by atoms with Gasteiger partial charge >= 0.3 is 0 Å². The number of aromatic nitrogens is 1. The maximum Gasteiger partial charge on any atom is 0.243 e. The number of nitrogens with zero attached hydrogens (tertiary/aromatic N) is 2. The number of carboxylic acids is 1. The van der Waals surface area contributed by atoms with Crippen LogP contribution in [0.25, 0.3) is 0 Å². The Morgan fingerprint density at radius 1 is 1.21 bits per heavy atom. The monoisotopic (exact) mass is 341 g/mol. The third kappa shape index (κ3) is 3.30. The molecule has 1 saturated heterocycles. The van der Waals surface area contributed by atoms with Crippen molar-refractivity contribution >= 4 is 29.5 Å². The Bertz CT molecular complexity index is 794. The van der Waals surface area contributed by atoms with Crippen molar-refractivity contribution in [2.45, 2.75) is 23.2 Å². The van der Waals surface area contributed by atoms with Crippen molar-refractivity contribution < 1.29 is 19.5 Å². The topological polar surface area (TPSA) is 90.4 Å². The first-order valence-corrected chi connectivity index (χ1v) is 8.15. The molecule has 0 unspecified atom stereocenters. The minimum absolute atomic E-state index is 0.0272. The molecule has 122 valence electrons. The van der Waals surface area contributed by atoms with E-state index in [2.05, 4.69) is 4.98 Å². The van der Waals surface area contributed by atoms with Crippen LogP contribution >= 0.6 is 11.8 Å². The molecule has 0 saturated carbocycles. The van der Waals surface area contributed by atoms with Gasteiger partial charge in [-0.25, -0.2) is 4.98 Å². The Morgan fingerprint density at radius 3 is 2.67 bits per heavy atom. The van der Waals surface area contributed by atoms with Crippen molar-refractivity contribution in [1.82, 2.24) is 9.88 Å². The second kappa shape index (κ2) is 6.84. The fraction of sp³-hybridized carbons (Fsp3) is 0.176. The number of hydrogen-bond donors (Lipinski definition) is 0. The number of benzene rings is 1. The molecule has 1 fully saturated rings. The standard InChI is InChI=1S/C17H14N2O4S/c20-14-9-13(24-15-12(17(22)23)7-4-8-18-15)16(21)19(14)10-11-5-2-1-3-6-11/h1-8,13H,9-10H2,(H,22,23)/p-1/t13-/m0/s1. The van der Waals surface area contributed by atoms with E-state index < -0.39 is 11.2 Å². The SMILES string of the molecule is O=C([O-])c1cccnc1S[C@H]1CC(=O)N(Cc2ccccc2)C1=O. The quantitative estimate of drug-likeness (QED) is 0.750. The van der Waals surface area contributed by atoms with E-state index in [1.165, 1.54) is 23.2 Å². The lowest BCUT2D eigenvalue weighted by molar-refractivity contribution is -0.255.